The van der Waals surface area contributed by atoms with Crippen LogP contribution >= 0.6 is 11.6 Å². The van der Waals surface area contributed by atoms with Gasteiger partial charge in [-0.3, -0.25) is 4.79 Å². The fraction of sp³-hybridized carbons (Fsp3) is 0.900. The van der Waals surface area contributed by atoms with Gasteiger partial charge in [0, 0.05) is 0 Å². The Morgan fingerprint density at radius 1 is 1.31 bits per heavy atom. The molecule has 0 saturated carbocycles. The Balaban J connectivity index is 3.61. The molecule has 3 heteroatoms. The number of hydrogen-bond acceptors (Lipinski definition) is 1. The Hall–Kier alpha value is -0.240. The van der Waals surface area contributed by atoms with E-state index in [1.54, 1.807) is 0 Å². The highest BCUT2D eigenvalue weighted by atomic mass is 35.5. The van der Waals surface area contributed by atoms with Gasteiger partial charge in [-0.05, 0) is 18.3 Å². The topological polar surface area (TPSA) is 37.3 Å². The highest BCUT2D eigenvalue weighted by Crippen LogP contribution is 2.19. The number of aliphatic carboxylic acids is 1. The van der Waals surface area contributed by atoms with Crippen LogP contribution in [0.3, 0.4) is 0 Å². The third-order valence-corrected chi connectivity index (χ3v) is 2.79. The average Bonchev–Trinajstić information content (AvgIpc) is 2.02. The first kappa shape index (κ1) is 12.8. The van der Waals surface area contributed by atoms with E-state index in [0.717, 1.165) is 19.3 Å². The van der Waals surface area contributed by atoms with Crippen LogP contribution in [0.5, 0.6) is 0 Å². The molecule has 0 aromatic heterocycles. The lowest BCUT2D eigenvalue weighted by molar-refractivity contribution is -0.137. The molecule has 0 rings (SSSR count). The van der Waals surface area contributed by atoms with E-state index in [9.17, 15) is 4.79 Å². The average molecular weight is 207 g/mol. The van der Waals surface area contributed by atoms with Crippen LogP contribution in [0.25, 0.3) is 0 Å². The van der Waals surface area contributed by atoms with Gasteiger partial charge in [-0.1, -0.05) is 33.6 Å². The van der Waals surface area contributed by atoms with Crippen molar-refractivity contribution in [1.82, 2.24) is 0 Å². The minimum Gasteiger partial charge on any atom is -0.480 e. The molecule has 0 spiro atoms. The molecule has 0 aliphatic heterocycles. The van der Waals surface area contributed by atoms with Crippen molar-refractivity contribution >= 4 is 17.6 Å². The van der Waals surface area contributed by atoms with Crippen LogP contribution in [0.2, 0.25) is 0 Å². The Morgan fingerprint density at radius 3 is 2.23 bits per heavy atom. The number of alkyl halides is 1. The lowest BCUT2D eigenvalue weighted by Gasteiger charge is -2.14. The first-order chi connectivity index (χ1) is 5.95. The van der Waals surface area contributed by atoms with E-state index >= 15 is 0 Å². The predicted octanol–water partition coefficient (Wildman–Crippen LogP) is 3.14. The van der Waals surface area contributed by atoms with E-state index in [0.29, 0.717) is 5.92 Å². The van der Waals surface area contributed by atoms with Gasteiger partial charge in [0.05, 0.1) is 0 Å². The summed E-state index contributed by atoms with van der Waals surface area (Å²) in [7, 11) is 0. The van der Waals surface area contributed by atoms with Crippen LogP contribution in [-0.2, 0) is 4.79 Å². The minimum absolute atomic E-state index is 0.0675. The van der Waals surface area contributed by atoms with Gasteiger partial charge in [0.2, 0.25) is 0 Å². The lowest BCUT2D eigenvalue weighted by atomic mass is 9.97. The molecule has 2 nitrogen and oxygen atoms in total. The number of carboxylic acids is 1. The van der Waals surface area contributed by atoms with Crippen LogP contribution in [-0.4, -0.2) is 16.5 Å². The monoisotopic (exact) mass is 206 g/mol. The molecule has 0 aliphatic carbocycles. The van der Waals surface area contributed by atoms with E-state index in [4.69, 9.17) is 16.7 Å². The molecule has 0 unspecified atom stereocenters. The maximum atomic E-state index is 10.5. The molecule has 0 aliphatic rings. The Labute approximate surface area is 85.3 Å². The van der Waals surface area contributed by atoms with Gasteiger partial charge >= 0.3 is 5.97 Å². The molecule has 13 heavy (non-hydrogen) atoms. The van der Waals surface area contributed by atoms with Gasteiger partial charge in [-0.25, -0.2) is 0 Å². The molecule has 0 bridgehead atoms. The van der Waals surface area contributed by atoms with Crippen LogP contribution in [0.1, 0.15) is 40.0 Å². The summed E-state index contributed by atoms with van der Waals surface area (Å²) in [5.74, 6) is -0.151. The number of hydrogen-bond donors (Lipinski definition) is 1. The van der Waals surface area contributed by atoms with E-state index in [1.165, 1.54) is 0 Å². The van der Waals surface area contributed by atoms with Crippen molar-refractivity contribution < 1.29 is 9.90 Å². The SMILES string of the molecule is CC(C)CCC[C@H](C)[C@@H](Cl)C(=O)O. The molecule has 1 N–H and O–H groups in total. The lowest BCUT2D eigenvalue weighted by Crippen LogP contribution is -2.21. The second kappa shape index (κ2) is 6.25. The van der Waals surface area contributed by atoms with Gasteiger partial charge in [-0.2, -0.15) is 0 Å². The second-order valence-electron chi connectivity index (χ2n) is 4.04. The summed E-state index contributed by atoms with van der Waals surface area (Å²) in [5, 5.41) is 7.90. The van der Waals surface area contributed by atoms with Crippen molar-refractivity contribution in [3.63, 3.8) is 0 Å². The Bertz CT molecular complexity index is 157. The smallest absolute Gasteiger partial charge is 0.321 e. The second-order valence-corrected chi connectivity index (χ2v) is 4.51. The van der Waals surface area contributed by atoms with Gasteiger partial charge in [0.15, 0.2) is 0 Å². The van der Waals surface area contributed by atoms with Crippen molar-refractivity contribution in [1.29, 1.82) is 0 Å². The van der Waals surface area contributed by atoms with Gasteiger partial charge in [0.25, 0.3) is 0 Å². The van der Waals surface area contributed by atoms with Crippen LogP contribution in [0.15, 0.2) is 0 Å². The highest BCUT2D eigenvalue weighted by Gasteiger charge is 2.21. The maximum Gasteiger partial charge on any atom is 0.321 e. The third-order valence-electron chi connectivity index (χ3n) is 2.18. The normalized spacial score (nSPS) is 15.8. The Kier molecular flexibility index (Phi) is 6.13. The maximum absolute atomic E-state index is 10.5. The molecule has 0 aromatic carbocycles. The van der Waals surface area contributed by atoms with Crippen LogP contribution in [0, 0.1) is 11.8 Å². The number of rotatable bonds is 6. The number of halogens is 1. The van der Waals surface area contributed by atoms with E-state index in [2.05, 4.69) is 13.8 Å². The summed E-state index contributed by atoms with van der Waals surface area (Å²) in [6.45, 7) is 6.23. The summed E-state index contributed by atoms with van der Waals surface area (Å²) >= 11 is 5.68. The third kappa shape index (κ3) is 5.92. The summed E-state index contributed by atoms with van der Waals surface area (Å²) in [6, 6.07) is 0. The van der Waals surface area contributed by atoms with Crippen molar-refractivity contribution in [2.45, 2.75) is 45.4 Å². The van der Waals surface area contributed by atoms with E-state index in [-0.39, 0.29) is 5.92 Å². The van der Waals surface area contributed by atoms with Crippen LogP contribution in [0.4, 0.5) is 0 Å². The molecule has 0 amide bonds. The molecule has 0 radical (unpaired) electrons. The molecule has 0 aromatic rings. The zero-order valence-corrected chi connectivity index (χ0v) is 9.34. The number of carboxylic acid groups (broad SMARTS) is 1. The first-order valence-electron chi connectivity index (χ1n) is 4.82. The van der Waals surface area contributed by atoms with E-state index in [1.807, 2.05) is 6.92 Å². The first-order valence-corrected chi connectivity index (χ1v) is 5.25. The largest absolute Gasteiger partial charge is 0.480 e. The summed E-state index contributed by atoms with van der Waals surface area (Å²) in [4.78, 5) is 10.5. The summed E-state index contributed by atoms with van der Waals surface area (Å²) in [6.07, 6.45) is 3.11. The highest BCUT2D eigenvalue weighted by molar-refractivity contribution is 6.29. The summed E-state index contributed by atoms with van der Waals surface area (Å²) < 4.78 is 0. The van der Waals surface area contributed by atoms with Crippen molar-refractivity contribution in [3.8, 4) is 0 Å². The molecular formula is C10H19ClO2. The molecule has 2 atom stereocenters. The molecule has 0 saturated heterocycles. The minimum atomic E-state index is -0.904. The zero-order valence-electron chi connectivity index (χ0n) is 8.59. The standard InChI is InChI=1S/C10H19ClO2/c1-7(2)5-4-6-8(3)9(11)10(12)13/h7-9H,4-6H2,1-3H3,(H,12,13)/t8-,9+/m0/s1. The quantitative estimate of drug-likeness (QED) is 0.678. The number of carbonyl (C=O) groups is 1. The van der Waals surface area contributed by atoms with Crippen molar-refractivity contribution in [3.05, 3.63) is 0 Å². The van der Waals surface area contributed by atoms with Crippen molar-refractivity contribution in [2.24, 2.45) is 11.8 Å². The van der Waals surface area contributed by atoms with Gasteiger partial charge in [0.1, 0.15) is 5.38 Å². The van der Waals surface area contributed by atoms with Crippen molar-refractivity contribution in [2.75, 3.05) is 0 Å². The zero-order chi connectivity index (χ0) is 10.4. The summed E-state index contributed by atoms with van der Waals surface area (Å²) in [5.41, 5.74) is 0. The fourth-order valence-electron chi connectivity index (χ4n) is 1.24. The van der Waals surface area contributed by atoms with Gasteiger partial charge in [-0.15, -0.1) is 11.6 Å². The Morgan fingerprint density at radius 2 is 1.85 bits per heavy atom. The molecular weight excluding hydrogens is 188 g/mol. The molecule has 0 fully saturated rings. The fourth-order valence-corrected chi connectivity index (χ4v) is 1.36. The predicted molar refractivity (Wildman–Crippen MR) is 55.1 cm³/mol. The molecule has 78 valence electrons. The van der Waals surface area contributed by atoms with Gasteiger partial charge < -0.3 is 5.11 Å². The molecule has 0 heterocycles. The van der Waals surface area contributed by atoms with Crippen LogP contribution < -0.4 is 0 Å². The van der Waals surface area contributed by atoms with E-state index < -0.39 is 11.3 Å².